The molecule has 1 aromatic carbocycles. The third-order valence-electron chi connectivity index (χ3n) is 4.99. The summed E-state index contributed by atoms with van der Waals surface area (Å²) in [6, 6.07) is 9.94. The van der Waals surface area contributed by atoms with E-state index in [1.807, 2.05) is 30.3 Å². The SMILES string of the molecule is O[C@@H]1[C@@H](NCCCN2CCOCC2)CCC[C@H]1Oc1ccccc1. The summed E-state index contributed by atoms with van der Waals surface area (Å²) in [7, 11) is 0. The largest absolute Gasteiger partial charge is 0.488 e. The van der Waals surface area contributed by atoms with E-state index in [9.17, 15) is 5.11 Å². The van der Waals surface area contributed by atoms with Crippen LogP contribution in [0.2, 0.25) is 0 Å². The van der Waals surface area contributed by atoms with Crippen LogP contribution >= 0.6 is 0 Å². The first kappa shape index (κ1) is 17.7. The summed E-state index contributed by atoms with van der Waals surface area (Å²) in [6.45, 7) is 5.83. The molecule has 5 nitrogen and oxygen atoms in total. The van der Waals surface area contributed by atoms with Crippen molar-refractivity contribution in [1.82, 2.24) is 10.2 Å². The average Bonchev–Trinajstić information content (AvgIpc) is 2.63. The lowest BCUT2D eigenvalue weighted by molar-refractivity contribution is -0.0156. The van der Waals surface area contributed by atoms with Crippen LogP contribution in [0.3, 0.4) is 0 Å². The van der Waals surface area contributed by atoms with Crippen LogP contribution in [0, 0.1) is 0 Å². The molecule has 1 saturated heterocycles. The number of hydrogen-bond donors (Lipinski definition) is 2. The molecule has 0 unspecified atom stereocenters. The van der Waals surface area contributed by atoms with E-state index in [1.54, 1.807) is 0 Å². The monoisotopic (exact) mass is 334 g/mol. The minimum Gasteiger partial charge on any atom is -0.488 e. The first-order chi connectivity index (χ1) is 11.8. The van der Waals surface area contributed by atoms with Crippen LogP contribution < -0.4 is 10.1 Å². The van der Waals surface area contributed by atoms with Crippen molar-refractivity contribution in [3.63, 3.8) is 0 Å². The number of morpholine rings is 1. The number of benzene rings is 1. The Kier molecular flexibility index (Phi) is 6.90. The van der Waals surface area contributed by atoms with E-state index in [-0.39, 0.29) is 12.1 Å². The molecule has 2 fully saturated rings. The zero-order valence-electron chi connectivity index (χ0n) is 14.4. The van der Waals surface area contributed by atoms with Crippen LogP contribution in [0.1, 0.15) is 25.7 Å². The minimum absolute atomic E-state index is 0.113. The number of para-hydroxylation sites is 1. The van der Waals surface area contributed by atoms with E-state index in [0.717, 1.165) is 70.8 Å². The van der Waals surface area contributed by atoms with Crippen LogP contribution in [0.25, 0.3) is 0 Å². The van der Waals surface area contributed by atoms with Gasteiger partial charge in [-0.3, -0.25) is 4.90 Å². The zero-order valence-corrected chi connectivity index (χ0v) is 14.4. The molecule has 3 rings (SSSR count). The normalized spacial score (nSPS) is 28.6. The second kappa shape index (κ2) is 9.37. The molecule has 1 saturated carbocycles. The third-order valence-corrected chi connectivity index (χ3v) is 4.99. The Morgan fingerprint density at radius 2 is 1.96 bits per heavy atom. The van der Waals surface area contributed by atoms with Gasteiger partial charge in [0, 0.05) is 19.1 Å². The van der Waals surface area contributed by atoms with E-state index in [4.69, 9.17) is 9.47 Å². The Hall–Kier alpha value is -1.14. The Bertz CT molecular complexity index is 465. The van der Waals surface area contributed by atoms with Gasteiger partial charge in [0.15, 0.2) is 0 Å². The van der Waals surface area contributed by atoms with Crippen molar-refractivity contribution in [3.8, 4) is 5.75 Å². The number of rotatable bonds is 7. The zero-order chi connectivity index (χ0) is 16.6. The van der Waals surface area contributed by atoms with Crippen molar-refractivity contribution < 1.29 is 14.6 Å². The molecule has 1 aliphatic carbocycles. The van der Waals surface area contributed by atoms with Crippen molar-refractivity contribution in [1.29, 1.82) is 0 Å². The molecule has 24 heavy (non-hydrogen) atoms. The molecule has 3 atom stereocenters. The fraction of sp³-hybridized carbons (Fsp3) is 0.684. The maximum atomic E-state index is 10.6. The summed E-state index contributed by atoms with van der Waals surface area (Å²) in [5.41, 5.74) is 0. The molecular weight excluding hydrogens is 304 g/mol. The molecule has 0 radical (unpaired) electrons. The first-order valence-electron chi connectivity index (χ1n) is 9.26. The summed E-state index contributed by atoms with van der Waals surface area (Å²) < 4.78 is 11.4. The van der Waals surface area contributed by atoms with Crippen LogP contribution in [0.5, 0.6) is 5.75 Å². The van der Waals surface area contributed by atoms with Gasteiger partial charge in [-0.1, -0.05) is 18.2 Å². The van der Waals surface area contributed by atoms with Crippen LogP contribution in [0.15, 0.2) is 30.3 Å². The lowest BCUT2D eigenvalue weighted by Gasteiger charge is -2.35. The van der Waals surface area contributed by atoms with E-state index >= 15 is 0 Å². The predicted octanol–water partition coefficient (Wildman–Crippen LogP) is 1.66. The van der Waals surface area contributed by atoms with Gasteiger partial charge in [-0.05, 0) is 50.9 Å². The Balaban J connectivity index is 1.39. The molecule has 0 aromatic heterocycles. The van der Waals surface area contributed by atoms with Crippen LogP contribution in [0.4, 0.5) is 0 Å². The van der Waals surface area contributed by atoms with E-state index in [0.29, 0.717) is 0 Å². The highest BCUT2D eigenvalue weighted by atomic mass is 16.5. The number of nitrogens with one attached hydrogen (secondary N) is 1. The molecule has 2 aliphatic rings. The molecule has 0 bridgehead atoms. The average molecular weight is 334 g/mol. The van der Waals surface area contributed by atoms with Crippen LogP contribution in [-0.2, 0) is 4.74 Å². The van der Waals surface area contributed by atoms with Gasteiger partial charge in [0.1, 0.15) is 18.0 Å². The van der Waals surface area contributed by atoms with Gasteiger partial charge < -0.3 is 19.9 Å². The maximum Gasteiger partial charge on any atom is 0.126 e. The first-order valence-corrected chi connectivity index (χ1v) is 9.26. The minimum atomic E-state index is -0.442. The standard InChI is InChI=1S/C19H30N2O3/c22-19-17(20-10-5-11-21-12-14-23-15-13-21)8-4-9-18(19)24-16-6-2-1-3-7-16/h1-3,6-7,17-20,22H,4-5,8-15H2/t17-,18+,19+/m0/s1. The molecule has 1 heterocycles. The fourth-order valence-corrected chi connectivity index (χ4v) is 3.58. The lowest BCUT2D eigenvalue weighted by atomic mass is 9.89. The van der Waals surface area contributed by atoms with Crippen molar-refractivity contribution in [2.24, 2.45) is 0 Å². The molecular formula is C19H30N2O3. The van der Waals surface area contributed by atoms with Gasteiger partial charge in [0.2, 0.25) is 0 Å². The van der Waals surface area contributed by atoms with Gasteiger partial charge in [-0.25, -0.2) is 0 Å². The van der Waals surface area contributed by atoms with Gasteiger partial charge in [-0.15, -0.1) is 0 Å². The number of aliphatic hydroxyl groups excluding tert-OH is 1. The van der Waals surface area contributed by atoms with E-state index in [2.05, 4.69) is 10.2 Å². The number of hydrogen-bond acceptors (Lipinski definition) is 5. The number of aliphatic hydroxyl groups is 1. The molecule has 1 aromatic rings. The molecule has 134 valence electrons. The van der Waals surface area contributed by atoms with Crippen molar-refractivity contribution in [2.75, 3.05) is 39.4 Å². The number of ether oxygens (including phenoxy) is 2. The van der Waals surface area contributed by atoms with Gasteiger partial charge >= 0.3 is 0 Å². The molecule has 5 heteroatoms. The second-order valence-electron chi connectivity index (χ2n) is 6.76. The van der Waals surface area contributed by atoms with Crippen LogP contribution in [-0.4, -0.2) is 67.6 Å². The van der Waals surface area contributed by atoms with Gasteiger partial charge in [0.25, 0.3) is 0 Å². The van der Waals surface area contributed by atoms with Crippen molar-refractivity contribution >= 4 is 0 Å². The number of nitrogens with zero attached hydrogens (tertiary/aromatic N) is 1. The summed E-state index contributed by atoms with van der Waals surface area (Å²) in [5, 5.41) is 14.2. The fourth-order valence-electron chi connectivity index (χ4n) is 3.58. The lowest BCUT2D eigenvalue weighted by Crippen LogP contribution is -2.51. The van der Waals surface area contributed by atoms with Crippen molar-refractivity contribution in [3.05, 3.63) is 30.3 Å². The smallest absolute Gasteiger partial charge is 0.126 e. The summed E-state index contributed by atoms with van der Waals surface area (Å²) in [5.74, 6) is 0.842. The predicted molar refractivity (Wildman–Crippen MR) is 94.4 cm³/mol. The highest BCUT2D eigenvalue weighted by molar-refractivity contribution is 5.21. The Morgan fingerprint density at radius 3 is 2.75 bits per heavy atom. The topological polar surface area (TPSA) is 54.0 Å². The maximum absolute atomic E-state index is 10.6. The second-order valence-corrected chi connectivity index (χ2v) is 6.76. The van der Waals surface area contributed by atoms with Gasteiger partial charge in [-0.2, -0.15) is 0 Å². The van der Waals surface area contributed by atoms with Gasteiger partial charge in [0.05, 0.1) is 13.2 Å². The molecule has 2 N–H and O–H groups in total. The summed E-state index contributed by atoms with van der Waals surface area (Å²) >= 11 is 0. The highest BCUT2D eigenvalue weighted by Gasteiger charge is 2.32. The Morgan fingerprint density at radius 1 is 1.17 bits per heavy atom. The highest BCUT2D eigenvalue weighted by Crippen LogP contribution is 2.24. The summed E-state index contributed by atoms with van der Waals surface area (Å²) in [6.07, 6.45) is 3.58. The third kappa shape index (κ3) is 5.18. The quantitative estimate of drug-likeness (QED) is 0.743. The summed E-state index contributed by atoms with van der Waals surface area (Å²) in [4.78, 5) is 2.45. The molecule has 1 aliphatic heterocycles. The molecule has 0 amide bonds. The Labute approximate surface area is 144 Å². The van der Waals surface area contributed by atoms with E-state index in [1.165, 1.54) is 0 Å². The van der Waals surface area contributed by atoms with E-state index < -0.39 is 6.10 Å². The van der Waals surface area contributed by atoms with Crippen molar-refractivity contribution in [2.45, 2.75) is 43.9 Å². The molecule has 0 spiro atoms.